The molecule has 0 fully saturated rings. The van der Waals surface area contributed by atoms with Gasteiger partial charge in [-0.1, -0.05) is 12.1 Å². The number of ether oxygens (including phenoxy) is 4. The third-order valence-corrected chi connectivity index (χ3v) is 4.33. The average molecular weight is 420 g/mol. The van der Waals surface area contributed by atoms with Gasteiger partial charge in [0.1, 0.15) is 0 Å². The summed E-state index contributed by atoms with van der Waals surface area (Å²) in [6.07, 6.45) is -0.0119. The van der Waals surface area contributed by atoms with Crippen molar-refractivity contribution >= 4 is 17.6 Å². The summed E-state index contributed by atoms with van der Waals surface area (Å²) in [5.41, 5.74) is 0.457. The molecular weight excluding hydrogens is 396 g/mol. The Bertz CT molecular complexity index is 887. The quantitative estimate of drug-likeness (QED) is 0.291. The van der Waals surface area contributed by atoms with Gasteiger partial charge in [0.25, 0.3) is 5.69 Å². The molecule has 1 aromatic carbocycles. The van der Waals surface area contributed by atoms with Crippen LogP contribution in [0.3, 0.4) is 0 Å². The van der Waals surface area contributed by atoms with E-state index in [0.717, 1.165) is 0 Å². The fraction of sp³-hybridized carbons (Fsp3) is 0.400. The molecule has 1 atom stereocenters. The van der Waals surface area contributed by atoms with Crippen LogP contribution < -0.4 is 5.32 Å². The maximum atomic E-state index is 12.8. The number of non-ortho nitro benzene ring substituents is 1. The van der Waals surface area contributed by atoms with Crippen molar-refractivity contribution in [3.05, 3.63) is 63.0 Å². The molecule has 0 bridgehead atoms. The molecule has 1 aliphatic heterocycles. The Labute approximate surface area is 173 Å². The van der Waals surface area contributed by atoms with Gasteiger partial charge in [0.05, 0.1) is 40.9 Å². The van der Waals surface area contributed by atoms with Crippen molar-refractivity contribution in [2.45, 2.75) is 32.2 Å². The summed E-state index contributed by atoms with van der Waals surface area (Å²) in [5, 5.41) is 14.1. The Morgan fingerprint density at radius 2 is 1.80 bits per heavy atom. The number of nitrogens with one attached hydrogen (secondary N) is 1. The van der Waals surface area contributed by atoms with Crippen LogP contribution in [0.25, 0.3) is 0 Å². The lowest BCUT2D eigenvalue weighted by molar-refractivity contribution is -0.384. The topological polar surface area (TPSA) is 126 Å². The summed E-state index contributed by atoms with van der Waals surface area (Å²) in [4.78, 5) is 36.3. The van der Waals surface area contributed by atoms with E-state index in [4.69, 9.17) is 18.9 Å². The van der Waals surface area contributed by atoms with Crippen LogP contribution in [0, 0.1) is 10.1 Å². The molecule has 0 aromatic heterocycles. The lowest BCUT2D eigenvalue weighted by Gasteiger charge is -2.31. The molecule has 0 spiro atoms. The Hall–Kier alpha value is -3.24. The number of carbonyl (C=O) groups excluding carboxylic acids is 2. The summed E-state index contributed by atoms with van der Waals surface area (Å²) < 4.78 is 20.8. The van der Waals surface area contributed by atoms with Crippen LogP contribution in [0.15, 0.2) is 47.3 Å². The van der Waals surface area contributed by atoms with Crippen molar-refractivity contribution in [3.8, 4) is 0 Å². The van der Waals surface area contributed by atoms with E-state index < -0.39 is 35.2 Å². The second-order valence-electron chi connectivity index (χ2n) is 6.61. The number of hydrogen-bond donors (Lipinski definition) is 1. The van der Waals surface area contributed by atoms with Gasteiger partial charge in [-0.05, 0) is 19.4 Å². The Morgan fingerprint density at radius 3 is 2.33 bits per heavy atom. The lowest BCUT2D eigenvalue weighted by atomic mass is 9.81. The van der Waals surface area contributed by atoms with Crippen molar-refractivity contribution in [3.63, 3.8) is 0 Å². The van der Waals surface area contributed by atoms with E-state index in [0.29, 0.717) is 5.56 Å². The number of methoxy groups -OCH3 is 3. The van der Waals surface area contributed by atoms with Crippen LogP contribution in [-0.4, -0.2) is 50.6 Å². The summed E-state index contributed by atoms with van der Waals surface area (Å²) in [6.45, 7) is 3.37. The van der Waals surface area contributed by atoms with Crippen LogP contribution >= 0.6 is 0 Å². The van der Waals surface area contributed by atoms with Gasteiger partial charge >= 0.3 is 11.9 Å². The summed E-state index contributed by atoms with van der Waals surface area (Å²) in [5.74, 6) is -2.44. The first kappa shape index (κ1) is 23.0. The number of hydrogen-bond acceptors (Lipinski definition) is 9. The Morgan fingerprint density at radius 1 is 1.13 bits per heavy atom. The van der Waals surface area contributed by atoms with E-state index in [-0.39, 0.29) is 22.5 Å². The number of benzene rings is 1. The first-order chi connectivity index (χ1) is 14.2. The zero-order valence-electron chi connectivity index (χ0n) is 17.3. The molecule has 10 nitrogen and oxygen atoms in total. The Balaban J connectivity index is 2.74. The first-order valence-corrected chi connectivity index (χ1v) is 9.05. The summed E-state index contributed by atoms with van der Waals surface area (Å²) in [6, 6.07) is 5.66. The standard InChI is InChI=1S/C20H24N2O8/c1-11(2)30-18(23)14-10-21-17(20(28-4)29-5)16(19(24)27-3)15(14)12-7-6-8-13(9-12)22(25)26/h6-11,15,20-21H,1-5H3. The molecule has 0 aliphatic carbocycles. The molecule has 1 N–H and O–H groups in total. The van der Waals surface area contributed by atoms with Gasteiger partial charge in [0.2, 0.25) is 0 Å². The second kappa shape index (κ2) is 9.99. The highest BCUT2D eigenvalue weighted by atomic mass is 16.7. The summed E-state index contributed by atoms with van der Waals surface area (Å²) >= 11 is 0. The molecule has 1 aromatic rings. The molecule has 1 unspecified atom stereocenters. The van der Waals surface area contributed by atoms with Crippen LogP contribution in [0.4, 0.5) is 5.69 Å². The molecule has 162 valence electrons. The molecule has 0 radical (unpaired) electrons. The van der Waals surface area contributed by atoms with Crippen molar-refractivity contribution in [2.24, 2.45) is 0 Å². The molecule has 1 heterocycles. The smallest absolute Gasteiger partial charge is 0.336 e. The van der Waals surface area contributed by atoms with Gasteiger partial charge in [-0.15, -0.1) is 0 Å². The van der Waals surface area contributed by atoms with Gasteiger partial charge < -0.3 is 24.3 Å². The average Bonchev–Trinajstić information content (AvgIpc) is 2.73. The highest BCUT2D eigenvalue weighted by Gasteiger charge is 2.39. The molecule has 30 heavy (non-hydrogen) atoms. The number of carbonyl (C=O) groups is 2. The molecule has 1 aliphatic rings. The minimum atomic E-state index is -1.01. The van der Waals surface area contributed by atoms with E-state index in [9.17, 15) is 19.7 Å². The van der Waals surface area contributed by atoms with Crippen LogP contribution in [0.2, 0.25) is 0 Å². The Kier molecular flexibility index (Phi) is 7.67. The molecule has 10 heteroatoms. The second-order valence-corrected chi connectivity index (χ2v) is 6.61. The van der Waals surface area contributed by atoms with Crippen molar-refractivity contribution < 1.29 is 33.5 Å². The van der Waals surface area contributed by atoms with Gasteiger partial charge in [-0.3, -0.25) is 10.1 Å². The van der Waals surface area contributed by atoms with Crippen molar-refractivity contribution in [1.29, 1.82) is 0 Å². The summed E-state index contributed by atoms with van der Waals surface area (Å²) in [7, 11) is 3.95. The number of nitro groups is 1. The molecule has 0 saturated heterocycles. The van der Waals surface area contributed by atoms with Crippen LogP contribution in [0.5, 0.6) is 0 Å². The number of esters is 2. The van der Waals surface area contributed by atoms with E-state index >= 15 is 0 Å². The van der Waals surface area contributed by atoms with Gasteiger partial charge in [0, 0.05) is 32.6 Å². The van der Waals surface area contributed by atoms with Gasteiger partial charge in [-0.2, -0.15) is 0 Å². The number of nitrogens with zero attached hydrogens (tertiary/aromatic N) is 1. The molecule has 0 amide bonds. The predicted octanol–water partition coefficient (Wildman–Crippen LogP) is 2.16. The monoisotopic (exact) mass is 420 g/mol. The van der Waals surface area contributed by atoms with Gasteiger partial charge in [0.15, 0.2) is 6.29 Å². The first-order valence-electron chi connectivity index (χ1n) is 9.05. The van der Waals surface area contributed by atoms with E-state index in [2.05, 4.69) is 5.32 Å². The van der Waals surface area contributed by atoms with E-state index in [1.807, 2.05) is 0 Å². The number of dihydropyridines is 1. The maximum absolute atomic E-state index is 12.8. The SMILES string of the molecule is COC(=O)C1=C(C(OC)OC)NC=C(C(=O)OC(C)C)C1c1cccc([N+](=O)[O-])c1. The van der Waals surface area contributed by atoms with E-state index in [1.54, 1.807) is 19.9 Å². The van der Waals surface area contributed by atoms with E-state index in [1.165, 1.54) is 45.7 Å². The predicted molar refractivity (Wildman–Crippen MR) is 105 cm³/mol. The number of nitro benzene ring substituents is 1. The lowest BCUT2D eigenvalue weighted by Crippen LogP contribution is -2.36. The highest BCUT2D eigenvalue weighted by molar-refractivity contribution is 5.99. The zero-order valence-corrected chi connectivity index (χ0v) is 17.3. The van der Waals surface area contributed by atoms with Gasteiger partial charge in [-0.25, -0.2) is 9.59 Å². The molecular formula is C20H24N2O8. The fourth-order valence-corrected chi connectivity index (χ4v) is 3.12. The number of rotatable bonds is 8. The third-order valence-electron chi connectivity index (χ3n) is 4.33. The highest BCUT2D eigenvalue weighted by Crippen LogP contribution is 2.39. The molecule has 0 saturated carbocycles. The fourth-order valence-electron chi connectivity index (χ4n) is 3.12. The normalized spacial score (nSPS) is 16.2. The third kappa shape index (κ3) is 4.84. The largest absolute Gasteiger partial charge is 0.466 e. The minimum Gasteiger partial charge on any atom is -0.466 e. The van der Waals surface area contributed by atoms with Crippen molar-refractivity contribution in [1.82, 2.24) is 5.32 Å². The van der Waals surface area contributed by atoms with Crippen molar-refractivity contribution in [2.75, 3.05) is 21.3 Å². The molecule has 2 rings (SSSR count). The van der Waals surface area contributed by atoms with Crippen LogP contribution in [0.1, 0.15) is 25.3 Å². The zero-order chi connectivity index (χ0) is 22.4. The minimum absolute atomic E-state index is 0.0184. The maximum Gasteiger partial charge on any atom is 0.336 e. The van der Waals surface area contributed by atoms with Crippen LogP contribution in [-0.2, 0) is 28.5 Å².